The number of aliphatic carboxylic acids is 1. The predicted octanol–water partition coefficient (Wildman–Crippen LogP) is 0.823. The lowest BCUT2D eigenvalue weighted by Crippen LogP contribution is -2.34. The number of hydrogen-bond acceptors (Lipinski definition) is 4. The summed E-state index contributed by atoms with van der Waals surface area (Å²) in [6.45, 7) is 1.23. The van der Waals surface area contributed by atoms with E-state index in [0.717, 1.165) is 0 Å². The summed E-state index contributed by atoms with van der Waals surface area (Å²) < 4.78 is 4.69. The molecule has 1 unspecified atom stereocenters. The van der Waals surface area contributed by atoms with Gasteiger partial charge in [0.05, 0.1) is 0 Å². The zero-order valence-electron chi connectivity index (χ0n) is 10.5. The molecule has 1 amide bonds. The molecule has 0 aliphatic rings. The van der Waals surface area contributed by atoms with Crippen LogP contribution in [0.1, 0.15) is 23.7 Å². The van der Waals surface area contributed by atoms with E-state index in [9.17, 15) is 14.4 Å². The first-order valence-electron chi connectivity index (χ1n) is 5.80. The minimum atomic E-state index is -1.20. The average Bonchev–Trinajstić information content (AvgIpc) is 2.42. The van der Waals surface area contributed by atoms with Gasteiger partial charge in [0.2, 0.25) is 0 Å². The third-order valence-corrected chi connectivity index (χ3v) is 2.35. The number of amides is 1. The molecule has 0 aliphatic carbocycles. The van der Waals surface area contributed by atoms with Crippen molar-refractivity contribution < 1.29 is 24.2 Å². The van der Waals surface area contributed by atoms with E-state index in [1.807, 2.05) is 0 Å². The second-order valence-corrected chi connectivity index (χ2v) is 3.77. The largest absolute Gasteiger partial charge is 0.479 e. The van der Waals surface area contributed by atoms with E-state index >= 15 is 0 Å². The topological polar surface area (TPSA) is 92.7 Å². The molecule has 1 atom stereocenters. The number of carboxylic acids is 1. The first-order valence-corrected chi connectivity index (χ1v) is 5.80. The van der Waals surface area contributed by atoms with Crippen LogP contribution < -0.4 is 5.32 Å². The number of benzene rings is 1. The minimum absolute atomic E-state index is 0.174. The van der Waals surface area contributed by atoms with Crippen molar-refractivity contribution in [1.29, 1.82) is 0 Å². The highest BCUT2D eigenvalue weighted by Crippen LogP contribution is 2.00. The molecule has 1 rings (SSSR count). The molecule has 1 aromatic rings. The van der Waals surface area contributed by atoms with Gasteiger partial charge >= 0.3 is 11.9 Å². The number of esters is 1. The van der Waals surface area contributed by atoms with Gasteiger partial charge in [-0.05, 0) is 18.6 Å². The maximum Gasteiger partial charge on any atom is 0.345 e. The molecule has 2 N–H and O–H groups in total. The molecule has 0 bridgehead atoms. The molecule has 102 valence electrons. The minimum Gasteiger partial charge on any atom is -0.479 e. The Labute approximate surface area is 110 Å². The fraction of sp³-hybridized carbons (Fsp3) is 0.308. The maximum atomic E-state index is 11.6. The van der Waals surface area contributed by atoms with E-state index in [1.165, 1.54) is 0 Å². The van der Waals surface area contributed by atoms with Crippen LogP contribution >= 0.6 is 0 Å². The molecule has 6 heteroatoms. The Balaban J connectivity index is 2.42. The molecule has 19 heavy (non-hydrogen) atoms. The maximum absolute atomic E-state index is 11.6. The summed E-state index contributed by atoms with van der Waals surface area (Å²) in [6.07, 6.45) is -1.01. The lowest BCUT2D eigenvalue weighted by molar-refractivity contribution is -0.163. The molecule has 0 aliphatic heterocycles. The molecule has 0 aromatic heterocycles. The summed E-state index contributed by atoms with van der Waals surface area (Å²) in [7, 11) is 0. The van der Waals surface area contributed by atoms with Gasteiger partial charge in [-0.25, -0.2) is 4.79 Å². The van der Waals surface area contributed by atoms with Crippen LogP contribution in [-0.4, -0.2) is 35.6 Å². The zero-order valence-corrected chi connectivity index (χ0v) is 10.5. The third kappa shape index (κ3) is 4.79. The van der Waals surface area contributed by atoms with Crippen LogP contribution in [0.2, 0.25) is 0 Å². The number of hydrogen-bond donors (Lipinski definition) is 2. The monoisotopic (exact) mass is 265 g/mol. The second kappa shape index (κ2) is 7.15. The van der Waals surface area contributed by atoms with Crippen LogP contribution in [0.15, 0.2) is 30.3 Å². The van der Waals surface area contributed by atoms with Gasteiger partial charge in [0.25, 0.3) is 5.91 Å². The number of carbonyl (C=O) groups is 3. The Morgan fingerprint density at radius 1 is 1.26 bits per heavy atom. The quantitative estimate of drug-likeness (QED) is 0.743. The van der Waals surface area contributed by atoms with Crippen LogP contribution in [0.5, 0.6) is 0 Å². The summed E-state index contributed by atoms with van der Waals surface area (Å²) in [5.74, 6) is -2.40. The lowest BCUT2D eigenvalue weighted by atomic mass is 10.2. The van der Waals surface area contributed by atoms with Crippen LogP contribution in [0.3, 0.4) is 0 Å². The molecular formula is C13H15NO5. The third-order valence-electron chi connectivity index (χ3n) is 2.35. The zero-order chi connectivity index (χ0) is 14.3. The number of carboxylic acid groups (broad SMARTS) is 1. The van der Waals surface area contributed by atoms with Crippen LogP contribution in [0, 0.1) is 0 Å². The SMILES string of the molecule is CCC(OC(=O)CNC(=O)c1ccccc1)C(=O)O. The van der Waals surface area contributed by atoms with Gasteiger partial charge in [-0.3, -0.25) is 9.59 Å². The van der Waals surface area contributed by atoms with Gasteiger partial charge in [0.15, 0.2) is 6.10 Å². The molecule has 0 heterocycles. The molecule has 1 aromatic carbocycles. The number of carbonyl (C=O) groups excluding carboxylic acids is 2. The summed E-state index contributed by atoms with van der Waals surface area (Å²) in [4.78, 5) is 33.6. The van der Waals surface area contributed by atoms with Crippen LogP contribution in [0.4, 0.5) is 0 Å². The molecule has 0 spiro atoms. The van der Waals surface area contributed by atoms with Crippen LogP contribution in [0.25, 0.3) is 0 Å². The van der Waals surface area contributed by atoms with Gasteiger partial charge in [-0.15, -0.1) is 0 Å². The molecule has 0 saturated carbocycles. The van der Waals surface area contributed by atoms with Gasteiger partial charge in [0.1, 0.15) is 6.54 Å². The Morgan fingerprint density at radius 3 is 2.42 bits per heavy atom. The molecule has 0 saturated heterocycles. The number of rotatable bonds is 6. The van der Waals surface area contributed by atoms with E-state index in [2.05, 4.69) is 5.32 Å². The highest BCUT2D eigenvalue weighted by Gasteiger charge is 2.20. The van der Waals surface area contributed by atoms with E-state index in [-0.39, 0.29) is 13.0 Å². The number of nitrogens with one attached hydrogen (secondary N) is 1. The summed E-state index contributed by atoms with van der Waals surface area (Å²) in [6, 6.07) is 8.37. The highest BCUT2D eigenvalue weighted by atomic mass is 16.6. The van der Waals surface area contributed by atoms with Crippen molar-refractivity contribution in [3.63, 3.8) is 0 Å². The van der Waals surface area contributed by atoms with Gasteiger partial charge in [-0.1, -0.05) is 25.1 Å². The fourth-order valence-electron chi connectivity index (χ4n) is 1.35. The normalized spacial score (nSPS) is 11.4. The van der Waals surface area contributed by atoms with Crippen LogP contribution in [-0.2, 0) is 14.3 Å². The van der Waals surface area contributed by atoms with Crippen molar-refractivity contribution >= 4 is 17.8 Å². The predicted molar refractivity (Wildman–Crippen MR) is 66.6 cm³/mol. The summed E-state index contributed by atoms with van der Waals surface area (Å²) in [5.41, 5.74) is 0.417. The van der Waals surface area contributed by atoms with E-state index in [4.69, 9.17) is 9.84 Å². The van der Waals surface area contributed by atoms with Crippen molar-refractivity contribution in [3.05, 3.63) is 35.9 Å². The lowest BCUT2D eigenvalue weighted by Gasteiger charge is -2.11. The smallest absolute Gasteiger partial charge is 0.345 e. The van der Waals surface area contributed by atoms with Crippen molar-refractivity contribution in [2.45, 2.75) is 19.4 Å². The second-order valence-electron chi connectivity index (χ2n) is 3.77. The molecule has 0 radical (unpaired) electrons. The summed E-state index contributed by atoms with van der Waals surface area (Å²) in [5, 5.41) is 11.1. The van der Waals surface area contributed by atoms with Gasteiger partial charge in [-0.2, -0.15) is 0 Å². The van der Waals surface area contributed by atoms with E-state index in [0.29, 0.717) is 5.56 Å². The first-order chi connectivity index (χ1) is 9.04. The Kier molecular flexibility index (Phi) is 5.53. The first kappa shape index (κ1) is 14.7. The van der Waals surface area contributed by atoms with E-state index < -0.39 is 23.9 Å². The van der Waals surface area contributed by atoms with Gasteiger partial charge < -0.3 is 15.2 Å². The van der Waals surface area contributed by atoms with Gasteiger partial charge in [0, 0.05) is 5.56 Å². The average molecular weight is 265 g/mol. The van der Waals surface area contributed by atoms with Crippen molar-refractivity contribution in [3.8, 4) is 0 Å². The fourth-order valence-corrected chi connectivity index (χ4v) is 1.35. The van der Waals surface area contributed by atoms with Crippen molar-refractivity contribution in [2.24, 2.45) is 0 Å². The standard InChI is InChI=1S/C13H15NO5/c1-2-10(13(17)18)19-11(15)8-14-12(16)9-6-4-3-5-7-9/h3-7,10H,2,8H2,1H3,(H,14,16)(H,17,18). The Morgan fingerprint density at radius 2 is 1.89 bits per heavy atom. The molecular weight excluding hydrogens is 250 g/mol. The molecule has 0 fully saturated rings. The molecule has 6 nitrogen and oxygen atoms in total. The Hall–Kier alpha value is -2.37. The number of ether oxygens (including phenoxy) is 1. The van der Waals surface area contributed by atoms with Crippen molar-refractivity contribution in [1.82, 2.24) is 5.32 Å². The summed E-state index contributed by atoms with van der Waals surface area (Å²) >= 11 is 0. The van der Waals surface area contributed by atoms with E-state index in [1.54, 1.807) is 37.3 Å². The highest BCUT2D eigenvalue weighted by molar-refractivity contribution is 5.96. The Bertz CT molecular complexity index is 457. The van der Waals surface area contributed by atoms with Crippen molar-refractivity contribution in [2.75, 3.05) is 6.54 Å².